The average Bonchev–Trinajstić information content (AvgIpc) is 2.88. The van der Waals surface area contributed by atoms with Gasteiger partial charge >= 0.3 is 5.69 Å². The van der Waals surface area contributed by atoms with E-state index in [-0.39, 0.29) is 16.3 Å². The predicted molar refractivity (Wildman–Crippen MR) is 149 cm³/mol. The fourth-order valence-corrected chi connectivity index (χ4v) is 4.27. The molecule has 0 radical (unpaired) electrons. The van der Waals surface area contributed by atoms with Crippen LogP contribution in [0.2, 0.25) is 5.02 Å². The molecule has 3 aromatic carbocycles. The van der Waals surface area contributed by atoms with Crippen molar-refractivity contribution in [2.24, 2.45) is 5.10 Å². The minimum atomic E-state index is -0.670. The smallest absolute Gasteiger partial charge is 0.313 e. The number of nitrogens with zero attached hydrogens (tertiary/aromatic N) is 4. The molecule has 0 bridgehead atoms. The zero-order chi connectivity index (χ0) is 27.4. The monoisotopic (exact) mass is 597 g/mol. The molecule has 0 spiro atoms. The Labute approximate surface area is 230 Å². The van der Waals surface area contributed by atoms with Crippen LogP contribution in [0.4, 0.5) is 11.4 Å². The minimum Gasteiger partial charge on any atom is -0.476 e. The van der Waals surface area contributed by atoms with E-state index in [1.165, 1.54) is 12.3 Å². The Hall–Kier alpha value is -4.09. The molecule has 0 aliphatic heterocycles. The third-order valence-electron chi connectivity index (χ3n) is 5.53. The van der Waals surface area contributed by atoms with E-state index < -0.39 is 28.7 Å². The van der Waals surface area contributed by atoms with Crippen LogP contribution in [0.3, 0.4) is 0 Å². The number of nitro groups is 1. The lowest BCUT2D eigenvalue weighted by Gasteiger charge is -2.12. The van der Waals surface area contributed by atoms with Gasteiger partial charge in [0.2, 0.25) is 5.75 Å². The van der Waals surface area contributed by atoms with Gasteiger partial charge in [-0.3, -0.25) is 19.7 Å². The van der Waals surface area contributed by atoms with E-state index in [1.807, 2.05) is 26.0 Å². The van der Waals surface area contributed by atoms with Gasteiger partial charge in [-0.15, -0.1) is 0 Å². The highest BCUT2D eigenvalue weighted by atomic mass is 79.9. The number of nitro benzene ring substituents is 1. The van der Waals surface area contributed by atoms with E-state index in [2.05, 4.69) is 31.3 Å². The molecule has 38 heavy (non-hydrogen) atoms. The van der Waals surface area contributed by atoms with Crippen LogP contribution in [0.1, 0.15) is 23.9 Å². The molecule has 10 nitrogen and oxygen atoms in total. The number of ether oxygens (including phenoxy) is 1. The molecule has 4 rings (SSSR count). The van der Waals surface area contributed by atoms with Crippen molar-refractivity contribution in [3.63, 3.8) is 0 Å². The van der Waals surface area contributed by atoms with Crippen molar-refractivity contribution in [1.82, 2.24) is 9.66 Å². The molecule has 0 saturated carbocycles. The van der Waals surface area contributed by atoms with Gasteiger partial charge in [-0.1, -0.05) is 52.7 Å². The third-order valence-corrected chi connectivity index (χ3v) is 6.24. The summed E-state index contributed by atoms with van der Waals surface area (Å²) >= 11 is 9.49. The number of carbonyl (C=O) groups is 1. The van der Waals surface area contributed by atoms with Gasteiger partial charge in [0, 0.05) is 33.2 Å². The predicted octanol–water partition coefficient (Wildman–Crippen LogP) is 5.49. The van der Waals surface area contributed by atoms with Crippen LogP contribution in [-0.2, 0) is 11.2 Å². The summed E-state index contributed by atoms with van der Waals surface area (Å²) in [5.74, 6) is -0.344. The molecule has 0 aliphatic rings. The van der Waals surface area contributed by atoms with E-state index in [0.717, 1.165) is 16.3 Å². The van der Waals surface area contributed by atoms with E-state index in [9.17, 15) is 19.7 Å². The lowest BCUT2D eigenvalue weighted by Crippen LogP contribution is -2.22. The molecule has 1 N–H and O–H groups in total. The van der Waals surface area contributed by atoms with Crippen molar-refractivity contribution in [1.29, 1.82) is 0 Å². The van der Waals surface area contributed by atoms with Crippen molar-refractivity contribution in [3.8, 4) is 5.75 Å². The van der Waals surface area contributed by atoms with Gasteiger partial charge in [0.05, 0.1) is 22.0 Å². The van der Waals surface area contributed by atoms with Crippen molar-refractivity contribution in [3.05, 3.63) is 102 Å². The zero-order valence-corrected chi connectivity index (χ0v) is 22.6. The summed E-state index contributed by atoms with van der Waals surface area (Å²) in [6.45, 7) is 3.15. The van der Waals surface area contributed by atoms with Crippen LogP contribution in [0.5, 0.6) is 5.75 Å². The lowest BCUT2D eigenvalue weighted by molar-refractivity contribution is -0.385. The number of hydrogen-bond donors (Lipinski definition) is 1. The topological polar surface area (TPSA) is 129 Å². The van der Waals surface area contributed by atoms with E-state index in [0.29, 0.717) is 33.3 Å². The van der Waals surface area contributed by atoms with Crippen LogP contribution in [0.25, 0.3) is 10.9 Å². The first-order valence-electron chi connectivity index (χ1n) is 11.4. The zero-order valence-electron chi connectivity index (χ0n) is 20.3. The number of para-hydroxylation sites is 1. The third kappa shape index (κ3) is 5.90. The fraction of sp³-hybridized carbons (Fsp3) is 0.154. The van der Waals surface area contributed by atoms with Gasteiger partial charge in [0.15, 0.2) is 6.61 Å². The Bertz CT molecular complexity index is 1650. The molecular weight excluding hydrogens is 578 g/mol. The van der Waals surface area contributed by atoms with E-state index >= 15 is 0 Å². The number of amides is 1. The molecule has 1 amide bonds. The SMILES string of the molecule is CCc1nc2ccc(Br)cc2c(=O)n1N=Cc1cc(Cl)cc([N+](=O)[O-])c1OCC(=O)Nc1ccccc1C. The van der Waals surface area contributed by atoms with Gasteiger partial charge in [0.1, 0.15) is 5.82 Å². The summed E-state index contributed by atoms with van der Waals surface area (Å²) in [7, 11) is 0. The van der Waals surface area contributed by atoms with E-state index in [4.69, 9.17) is 16.3 Å². The summed E-state index contributed by atoms with van der Waals surface area (Å²) in [5, 5.41) is 19.1. The number of halogens is 2. The number of nitrogens with one attached hydrogen (secondary N) is 1. The lowest BCUT2D eigenvalue weighted by atomic mass is 10.2. The number of benzene rings is 3. The Morgan fingerprint density at radius 1 is 1.26 bits per heavy atom. The van der Waals surface area contributed by atoms with Crippen molar-refractivity contribution >= 4 is 61.9 Å². The maximum absolute atomic E-state index is 13.2. The fourth-order valence-electron chi connectivity index (χ4n) is 3.69. The molecule has 0 fully saturated rings. The second-order valence-corrected chi connectivity index (χ2v) is 9.51. The van der Waals surface area contributed by atoms with E-state index in [1.54, 1.807) is 30.3 Å². The molecule has 1 heterocycles. The molecule has 0 aliphatic carbocycles. The largest absolute Gasteiger partial charge is 0.476 e. The number of fused-ring (bicyclic) bond motifs is 1. The summed E-state index contributed by atoms with van der Waals surface area (Å²) in [4.78, 5) is 41.3. The molecular formula is C26H21BrClN5O5. The number of rotatable bonds is 8. The average molecular weight is 599 g/mol. The highest BCUT2D eigenvalue weighted by Gasteiger charge is 2.22. The minimum absolute atomic E-state index is 0.0542. The second-order valence-electron chi connectivity index (χ2n) is 8.16. The highest BCUT2D eigenvalue weighted by molar-refractivity contribution is 9.10. The number of anilines is 1. The van der Waals surface area contributed by atoms with Crippen molar-refractivity contribution < 1.29 is 14.5 Å². The molecule has 0 atom stereocenters. The van der Waals surface area contributed by atoms with Gasteiger partial charge in [-0.2, -0.15) is 9.78 Å². The summed E-state index contributed by atoms with van der Waals surface area (Å²) in [6, 6.07) is 14.8. The van der Waals surface area contributed by atoms with Gasteiger partial charge in [-0.25, -0.2) is 4.98 Å². The first-order chi connectivity index (χ1) is 18.2. The summed E-state index contributed by atoms with van der Waals surface area (Å²) < 4.78 is 7.43. The Morgan fingerprint density at radius 3 is 2.74 bits per heavy atom. The van der Waals surface area contributed by atoms with Crippen LogP contribution >= 0.6 is 27.5 Å². The maximum atomic E-state index is 13.2. The van der Waals surface area contributed by atoms with Gasteiger partial charge < -0.3 is 10.1 Å². The Kier molecular flexibility index (Phi) is 8.18. The normalized spacial score (nSPS) is 11.2. The molecule has 4 aromatic rings. The molecule has 0 saturated heterocycles. The van der Waals surface area contributed by atoms with Crippen LogP contribution in [0, 0.1) is 17.0 Å². The Balaban J connectivity index is 1.71. The van der Waals surface area contributed by atoms with Gasteiger partial charge in [-0.05, 0) is 42.8 Å². The number of carbonyl (C=O) groups excluding carboxylic acids is 1. The number of aromatic nitrogens is 2. The molecule has 12 heteroatoms. The molecule has 194 valence electrons. The standard InChI is InChI=1S/C26H21BrClN5O5/c1-3-23-30-21-9-8-17(27)11-19(21)26(35)32(23)29-13-16-10-18(28)12-22(33(36)37)25(16)38-14-24(34)31-20-7-5-4-6-15(20)2/h4-13H,3,14H2,1-2H3,(H,31,34). The van der Waals surface area contributed by atoms with Gasteiger partial charge in [0.25, 0.3) is 11.5 Å². The Morgan fingerprint density at radius 2 is 2.03 bits per heavy atom. The van der Waals surface area contributed by atoms with Crippen LogP contribution in [-0.4, -0.2) is 33.3 Å². The summed E-state index contributed by atoms with van der Waals surface area (Å²) in [6.07, 6.45) is 1.62. The number of hydrogen-bond acceptors (Lipinski definition) is 7. The first kappa shape index (κ1) is 27.0. The highest BCUT2D eigenvalue weighted by Crippen LogP contribution is 2.34. The van der Waals surface area contributed by atoms with Crippen LogP contribution < -0.4 is 15.6 Å². The maximum Gasteiger partial charge on any atom is 0.313 e. The van der Waals surface area contributed by atoms with Crippen LogP contribution in [0.15, 0.2) is 69.0 Å². The summed E-state index contributed by atoms with van der Waals surface area (Å²) in [5.41, 5.74) is 1.20. The quantitative estimate of drug-likeness (QED) is 0.162. The second kappa shape index (κ2) is 11.5. The molecule has 1 aromatic heterocycles. The molecule has 0 unspecified atom stereocenters. The van der Waals surface area contributed by atoms with Crippen molar-refractivity contribution in [2.75, 3.05) is 11.9 Å². The number of aryl methyl sites for hydroxylation is 2. The van der Waals surface area contributed by atoms with Crippen molar-refractivity contribution in [2.45, 2.75) is 20.3 Å². The first-order valence-corrected chi connectivity index (χ1v) is 12.6.